The Morgan fingerprint density at radius 3 is 1.64 bits per heavy atom. The molecule has 1 nitrogen and oxygen atoms in total. The van der Waals surface area contributed by atoms with E-state index in [1.54, 1.807) is 0 Å². The Labute approximate surface area is 160 Å². The first-order valence-corrected chi connectivity index (χ1v) is 11.6. The van der Waals surface area contributed by atoms with E-state index >= 15 is 0 Å². The molecule has 0 spiro atoms. The molecule has 0 aliphatic rings. The van der Waals surface area contributed by atoms with Crippen LogP contribution < -0.4 is 0 Å². The van der Waals surface area contributed by atoms with E-state index in [0.29, 0.717) is 11.3 Å². The Bertz CT molecular complexity index is 271. The molecule has 0 heterocycles. The van der Waals surface area contributed by atoms with Crippen LogP contribution in [0.2, 0.25) is 0 Å². The average molecular weight is 355 g/mol. The standard InChI is InChI=1S/C24H50O/c1-6-8-10-11-12-13-14-15-16-17-19-23(25)22(3)21-24(4,5)20-18-9-7-2/h22-23,25H,6-21H2,1-5H3. The molecule has 0 saturated heterocycles. The van der Waals surface area contributed by atoms with E-state index in [9.17, 15) is 5.11 Å². The summed E-state index contributed by atoms with van der Waals surface area (Å²) < 4.78 is 0. The average Bonchev–Trinajstić information content (AvgIpc) is 2.56. The molecule has 2 atom stereocenters. The fourth-order valence-electron chi connectivity index (χ4n) is 4.09. The molecule has 1 heteroatoms. The van der Waals surface area contributed by atoms with Gasteiger partial charge in [-0.3, -0.25) is 0 Å². The van der Waals surface area contributed by atoms with Crippen molar-refractivity contribution >= 4 is 0 Å². The van der Waals surface area contributed by atoms with Crippen molar-refractivity contribution in [2.45, 2.75) is 143 Å². The molecule has 0 amide bonds. The third-order valence-electron chi connectivity index (χ3n) is 5.84. The van der Waals surface area contributed by atoms with Gasteiger partial charge in [0, 0.05) is 0 Å². The Kier molecular flexibility index (Phi) is 16.1. The first kappa shape index (κ1) is 25.0. The summed E-state index contributed by atoms with van der Waals surface area (Å²) in [5.41, 5.74) is 0.382. The van der Waals surface area contributed by atoms with E-state index in [4.69, 9.17) is 0 Å². The Morgan fingerprint density at radius 2 is 1.12 bits per heavy atom. The lowest BCUT2D eigenvalue weighted by Gasteiger charge is -2.30. The zero-order valence-electron chi connectivity index (χ0n) is 18.4. The number of aliphatic hydroxyl groups excluding tert-OH is 1. The van der Waals surface area contributed by atoms with E-state index in [-0.39, 0.29) is 6.10 Å². The lowest BCUT2D eigenvalue weighted by Crippen LogP contribution is -2.24. The molecule has 0 radical (unpaired) electrons. The minimum atomic E-state index is -0.0977. The Morgan fingerprint density at radius 1 is 0.680 bits per heavy atom. The van der Waals surface area contributed by atoms with E-state index in [1.165, 1.54) is 89.9 Å². The summed E-state index contributed by atoms with van der Waals surface area (Å²) in [7, 11) is 0. The van der Waals surface area contributed by atoms with Crippen molar-refractivity contribution in [3.63, 3.8) is 0 Å². The van der Waals surface area contributed by atoms with Gasteiger partial charge >= 0.3 is 0 Å². The molecule has 25 heavy (non-hydrogen) atoms. The fraction of sp³-hybridized carbons (Fsp3) is 1.00. The largest absolute Gasteiger partial charge is 0.393 e. The van der Waals surface area contributed by atoms with Crippen LogP contribution in [0.4, 0.5) is 0 Å². The molecule has 152 valence electrons. The first-order chi connectivity index (χ1) is 11.9. The molecule has 0 bridgehead atoms. The topological polar surface area (TPSA) is 20.2 Å². The molecular weight excluding hydrogens is 304 g/mol. The van der Waals surface area contributed by atoms with Crippen molar-refractivity contribution in [1.29, 1.82) is 0 Å². The van der Waals surface area contributed by atoms with Crippen LogP contribution >= 0.6 is 0 Å². The highest BCUT2D eigenvalue weighted by Gasteiger charge is 2.24. The molecule has 0 fully saturated rings. The summed E-state index contributed by atoms with van der Waals surface area (Å²) in [6.45, 7) is 11.6. The maximum absolute atomic E-state index is 10.5. The van der Waals surface area contributed by atoms with Crippen molar-refractivity contribution in [2.24, 2.45) is 11.3 Å². The smallest absolute Gasteiger partial charge is 0.0566 e. The maximum Gasteiger partial charge on any atom is 0.0566 e. The summed E-state index contributed by atoms with van der Waals surface area (Å²) in [6, 6.07) is 0. The van der Waals surface area contributed by atoms with Crippen molar-refractivity contribution in [3.8, 4) is 0 Å². The second-order valence-corrected chi connectivity index (χ2v) is 9.34. The first-order valence-electron chi connectivity index (χ1n) is 11.6. The minimum Gasteiger partial charge on any atom is -0.393 e. The van der Waals surface area contributed by atoms with Gasteiger partial charge in [0.25, 0.3) is 0 Å². The zero-order chi connectivity index (χ0) is 19.0. The molecule has 0 rings (SSSR count). The van der Waals surface area contributed by atoms with Gasteiger partial charge in [-0.05, 0) is 30.6 Å². The van der Waals surface area contributed by atoms with Gasteiger partial charge in [-0.25, -0.2) is 0 Å². The van der Waals surface area contributed by atoms with Gasteiger partial charge in [-0.15, -0.1) is 0 Å². The van der Waals surface area contributed by atoms with E-state index in [1.807, 2.05) is 0 Å². The second-order valence-electron chi connectivity index (χ2n) is 9.34. The van der Waals surface area contributed by atoms with Crippen LogP contribution in [0.15, 0.2) is 0 Å². The third kappa shape index (κ3) is 15.9. The molecule has 1 N–H and O–H groups in total. The number of hydrogen-bond acceptors (Lipinski definition) is 1. The highest BCUT2D eigenvalue weighted by atomic mass is 16.3. The summed E-state index contributed by atoms with van der Waals surface area (Å²) in [6.07, 6.45) is 21.1. The van der Waals surface area contributed by atoms with Gasteiger partial charge in [0.2, 0.25) is 0 Å². The van der Waals surface area contributed by atoms with Crippen molar-refractivity contribution < 1.29 is 5.11 Å². The normalized spacial score (nSPS) is 14.6. The molecular formula is C24H50O. The molecule has 0 aromatic rings. The van der Waals surface area contributed by atoms with Crippen LogP contribution in [0, 0.1) is 11.3 Å². The SMILES string of the molecule is CCCCCCCCCCCCC(O)C(C)CC(C)(C)CCCCC. The lowest BCUT2D eigenvalue weighted by molar-refractivity contribution is 0.0748. The molecule has 0 aromatic carbocycles. The predicted octanol–water partition coefficient (Wildman–Crippen LogP) is 8.29. The number of hydrogen-bond donors (Lipinski definition) is 1. The maximum atomic E-state index is 10.5. The quantitative estimate of drug-likeness (QED) is 0.245. The number of aliphatic hydroxyl groups is 1. The van der Waals surface area contributed by atoms with Crippen molar-refractivity contribution in [3.05, 3.63) is 0 Å². The zero-order valence-corrected chi connectivity index (χ0v) is 18.4. The van der Waals surface area contributed by atoms with E-state index in [2.05, 4.69) is 34.6 Å². The van der Waals surface area contributed by atoms with Gasteiger partial charge in [-0.1, -0.05) is 118 Å². The summed E-state index contributed by atoms with van der Waals surface area (Å²) in [5, 5.41) is 10.5. The molecule has 0 aliphatic carbocycles. The van der Waals surface area contributed by atoms with Gasteiger partial charge in [0.05, 0.1) is 6.10 Å². The van der Waals surface area contributed by atoms with Crippen molar-refractivity contribution in [2.75, 3.05) is 0 Å². The van der Waals surface area contributed by atoms with Crippen LogP contribution in [-0.2, 0) is 0 Å². The highest BCUT2D eigenvalue weighted by Crippen LogP contribution is 2.33. The summed E-state index contributed by atoms with van der Waals surface area (Å²) in [4.78, 5) is 0. The van der Waals surface area contributed by atoms with Gasteiger partial charge in [0.15, 0.2) is 0 Å². The molecule has 2 unspecified atom stereocenters. The van der Waals surface area contributed by atoms with Crippen LogP contribution in [-0.4, -0.2) is 11.2 Å². The Balaban J connectivity index is 3.62. The minimum absolute atomic E-state index is 0.0977. The Hall–Kier alpha value is -0.0400. The van der Waals surface area contributed by atoms with Gasteiger partial charge in [0.1, 0.15) is 0 Å². The molecule has 0 aromatic heterocycles. The van der Waals surface area contributed by atoms with Gasteiger partial charge < -0.3 is 5.11 Å². The van der Waals surface area contributed by atoms with E-state index in [0.717, 1.165) is 12.8 Å². The van der Waals surface area contributed by atoms with Crippen LogP contribution in [0.1, 0.15) is 137 Å². The molecule has 0 aliphatic heterocycles. The molecule has 0 saturated carbocycles. The number of unbranched alkanes of at least 4 members (excludes halogenated alkanes) is 11. The predicted molar refractivity (Wildman–Crippen MR) is 114 cm³/mol. The number of rotatable bonds is 18. The lowest BCUT2D eigenvalue weighted by atomic mass is 9.77. The highest BCUT2D eigenvalue weighted by molar-refractivity contribution is 4.75. The fourth-order valence-corrected chi connectivity index (χ4v) is 4.09. The second kappa shape index (κ2) is 16.2. The summed E-state index contributed by atoms with van der Waals surface area (Å²) >= 11 is 0. The van der Waals surface area contributed by atoms with E-state index < -0.39 is 0 Å². The van der Waals surface area contributed by atoms with Crippen LogP contribution in [0.3, 0.4) is 0 Å². The summed E-state index contributed by atoms with van der Waals surface area (Å²) in [5.74, 6) is 0.440. The monoisotopic (exact) mass is 354 g/mol. The van der Waals surface area contributed by atoms with Gasteiger partial charge in [-0.2, -0.15) is 0 Å². The van der Waals surface area contributed by atoms with Crippen LogP contribution in [0.25, 0.3) is 0 Å². The van der Waals surface area contributed by atoms with Crippen molar-refractivity contribution in [1.82, 2.24) is 0 Å². The van der Waals surface area contributed by atoms with Crippen LogP contribution in [0.5, 0.6) is 0 Å². The third-order valence-corrected chi connectivity index (χ3v) is 5.84.